The van der Waals surface area contributed by atoms with Gasteiger partial charge >= 0.3 is 0 Å². The maximum atomic E-state index is 12.2. The fourth-order valence-electron chi connectivity index (χ4n) is 2.50. The van der Waals surface area contributed by atoms with Gasteiger partial charge < -0.3 is 4.90 Å². The molecule has 3 nitrogen and oxygen atoms in total. The molecule has 0 N–H and O–H groups in total. The second-order valence-electron chi connectivity index (χ2n) is 4.68. The molecule has 1 unspecified atom stereocenters. The summed E-state index contributed by atoms with van der Waals surface area (Å²) in [4.78, 5) is 18.4. The van der Waals surface area contributed by atoms with Gasteiger partial charge in [-0.15, -0.1) is 0 Å². The molecule has 0 aromatic carbocycles. The summed E-state index contributed by atoms with van der Waals surface area (Å²) in [5.74, 6) is 0.294. The number of aromatic nitrogens is 1. The van der Waals surface area contributed by atoms with Crippen molar-refractivity contribution < 1.29 is 4.79 Å². The molecular weight excluding hydrogens is 292 g/mol. The molecule has 1 saturated heterocycles. The van der Waals surface area contributed by atoms with Crippen LogP contribution in [-0.4, -0.2) is 27.7 Å². The van der Waals surface area contributed by atoms with Crippen LogP contribution in [0.25, 0.3) is 0 Å². The van der Waals surface area contributed by atoms with Gasteiger partial charge in [-0.05, 0) is 37.3 Å². The van der Waals surface area contributed by atoms with Crippen molar-refractivity contribution in [1.29, 1.82) is 0 Å². The van der Waals surface area contributed by atoms with Crippen molar-refractivity contribution in [3.8, 4) is 0 Å². The Balaban J connectivity index is 1.97. The van der Waals surface area contributed by atoms with Crippen molar-refractivity contribution in [2.24, 2.45) is 0 Å². The first-order chi connectivity index (χ1) is 8.83. The monoisotopic (exact) mass is 310 g/mol. The van der Waals surface area contributed by atoms with Crippen LogP contribution in [-0.2, 0) is 4.79 Å². The number of hydrogen-bond donors (Lipinski definition) is 0. The van der Waals surface area contributed by atoms with Gasteiger partial charge in [0.25, 0.3) is 0 Å². The summed E-state index contributed by atoms with van der Waals surface area (Å²) in [5, 5.41) is 0.978. The summed E-state index contributed by atoms with van der Waals surface area (Å²) in [6, 6.07) is 4.26. The third-order valence-corrected chi connectivity index (χ3v) is 3.98. The lowest BCUT2D eigenvalue weighted by Gasteiger charge is -2.24. The Morgan fingerprint density at radius 3 is 3.11 bits per heavy atom. The molecule has 98 valence electrons. The van der Waals surface area contributed by atoms with Gasteiger partial charge in [0.2, 0.25) is 5.91 Å². The van der Waals surface area contributed by atoms with Gasteiger partial charge in [0.05, 0.1) is 6.04 Å². The predicted molar refractivity (Wildman–Crippen MR) is 75.6 cm³/mol. The molecule has 0 saturated carbocycles. The van der Waals surface area contributed by atoms with E-state index in [4.69, 9.17) is 0 Å². The molecule has 1 aromatic heterocycles. The van der Waals surface area contributed by atoms with Crippen LogP contribution in [0, 0.1) is 0 Å². The highest BCUT2D eigenvalue weighted by atomic mass is 79.9. The molecule has 1 atom stereocenters. The number of nitrogens with zero attached hydrogens (tertiary/aromatic N) is 2. The molecule has 0 spiro atoms. The van der Waals surface area contributed by atoms with E-state index in [1.165, 1.54) is 5.56 Å². The van der Waals surface area contributed by atoms with Crippen LogP contribution >= 0.6 is 15.9 Å². The Labute approximate surface area is 117 Å². The summed E-state index contributed by atoms with van der Waals surface area (Å²) in [6.07, 6.45) is 8.54. The van der Waals surface area contributed by atoms with E-state index in [0.717, 1.165) is 37.6 Å². The summed E-state index contributed by atoms with van der Waals surface area (Å²) >= 11 is 3.40. The van der Waals surface area contributed by atoms with Gasteiger partial charge in [0.1, 0.15) is 0 Å². The zero-order chi connectivity index (χ0) is 12.8. The number of halogens is 1. The minimum absolute atomic E-state index is 0.246. The van der Waals surface area contributed by atoms with E-state index in [1.54, 1.807) is 6.20 Å². The molecule has 18 heavy (non-hydrogen) atoms. The van der Waals surface area contributed by atoms with Crippen molar-refractivity contribution in [2.75, 3.05) is 11.9 Å². The molecule has 0 bridgehead atoms. The highest BCUT2D eigenvalue weighted by molar-refractivity contribution is 9.09. The van der Waals surface area contributed by atoms with Crippen molar-refractivity contribution in [3.63, 3.8) is 0 Å². The van der Waals surface area contributed by atoms with E-state index in [9.17, 15) is 4.79 Å². The highest BCUT2D eigenvalue weighted by Crippen LogP contribution is 2.32. The lowest BCUT2D eigenvalue weighted by atomic mass is 10.1. The largest absolute Gasteiger partial charge is 0.336 e. The SMILES string of the molecule is O=C(CCCCBr)N1CCCC1c1cccnc1. The number of pyridine rings is 1. The number of hydrogen-bond acceptors (Lipinski definition) is 2. The molecule has 2 heterocycles. The fourth-order valence-corrected chi connectivity index (χ4v) is 2.90. The lowest BCUT2D eigenvalue weighted by molar-refractivity contribution is -0.132. The fraction of sp³-hybridized carbons (Fsp3) is 0.571. The predicted octanol–water partition coefficient (Wildman–Crippen LogP) is 3.31. The van der Waals surface area contributed by atoms with Gasteiger partial charge in [-0.2, -0.15) is 0 Å². The van der Waals surface area contributed by atoms with Gasteiger partial charge in [0.15, 0.2) is 0 Å². The van der Waals surface area contributed by atoms with E-state index in [2.05, 4.69) is 27.0 Å². The van der Waals surface area contributed by atoms with Crippen LogP contribution in [0.5, 0.6) is 0 Å². The van der Waals surface area contributed by atoms with Crippen molar-refractivity contribution in [2.45, 2.75) is 38.1 Å². The number of amides is 1. The van der Waals surface area contributed by atoms with Gasteiger partial charge in [-0.3, -0.25) is 9.78 Å². The van der Waals surface area contributed by atoms with Crippen molar-refractivity contribution in [3.05, 3.63) is 30.1 Å². The molecule has 1 aliphatic rings. The molecule has 1 aromatic rings. The quantitative estimate of drug-likeness (QED) is 0.617. The van der Waals surface area contributed by atoms with E-state index in [1.807, 2.05) is 17.2 Å². The first-order valence-corrected chi connectivity index (χ1v) is 7.70. The van der Waals surface area contributed by atoms with Crippen LogP contribution in [0.3, 0.4) is 0 Å². The average molecular weight is 311 g/mol. The number of carbonyl (C=O) groups is 1. The number of unbranched alkanes of at least 4 members (excludes halogenated alkanes) is 1. The third kappa shape index (κ3) is 3.31. The minimum atomic E-state index is 0.246. The van der Waals surface area contributed by atoms with Crippen LogP contribution < -0.4 is 0 Å². The van der Waals surface area contributed by atoms with E-state index in [0.29, 0.717) is 12.3 Å². The highest BCUT2D eigenvalue weighted by Gasteiger charge is 2.29. The van der Waals surface area contributed by atoms with Crippen molar-refractivity contribution >= 4 is 21.8 Å². The normalized spacial score (nSPS) is 19.2. The zero-order valence-electron chi connectivity index (χ0n) is 10.5. The number of likely N-dealkylation sites (tertiary alicyclic amines) is 1. The first-order valence-electron chi connectivity index (χ1n) is 6.58. The summed E-state index contributed by atoms with van der Waals surface area (Å²) in [5.41, 5.74) is 1.17. The standard InChI is InChI=1S/C14H19BrN2O/c15-8-2-1-7-14(18)17-10-4-6-13(17)12-5-3-9-16-11-12/h3,5,9,11,13H,1-2,4,6-8,10H2. The Morgan fingerprint density at radius 1 is 1.50 bits per heavy atom. The Hall–Kier alpha value is -0.900. The van der Waals surface area contributed by atoms with Crippen LogP contribution in [0.2, 0.25) is 0 Å². The first kappa shape index (κ1) is 13.5. The molecule has 1 fully saturated rings. The van der Waals surface area contributed by atoms with Gasteiger partial charge in [0, 0.05) is 30.7 Å². The Morgan fingerprint density at radius 2 is 2.39 bits per heavy atom. The van der Waals surface area contributed by atoms with E-state index < -0.39 is 0 Å². The number of rotatable bonds is 5. The maximum Gasteiger partial charge on any atom is 0.223 e. The second-order valence-corrected chi connectivity index (χ2v) is 5.47. The molecule has 0 aliphatic carbocycles. The summed E-state index contributed by atoms with van der Waals surface area (Å²) < 4.78 is 0. The van der Waals surface area contributed by atoms with Crippen LogP contribution in [0.1, 0.15) is 43.7 Å². The molecule has 4 heteroatoms. The molecule has 0 radical (unpaired) electrons. The molecular formula is C14H19BrN2O. The third-order valence-electron chi connectivity index (χ3n) is 3.42. The topological polar surface area (TPSA) is 33.2 Å². The summed E-state index contributed by atoms with van der Waals surface area (Å²) in [6.45, 7) is 0.896. The maximum absolute atomic E-state index is 12.2. The average Bonchev–Trinajstić information content (AvgIpc) is 2.89. The molecule has 1 aliphatic heterocycles. The van der Waals surface area contributed by atoms with E-state index in [-0.39, 0.29) is 6.04 Å². The Bertz CT molecular complexity index is 383. The minimum Gasteiger partial charge on any atom is -0.336 e. The lowest BCUT2D eigenvalue weighted by Crippen LogP contribution is -2.30. The van der Waals surface area contributed by atoms with Crippen molar-refractivity contribution in [1.82, 2.24) is 9.88 Å². The zero-order valence-corrected chi connectivity index (χ0v) is 12.1. The van der Waals surface area contributed by atoms with E-state index >= 15 is 0 Å². The van der Waals surface area contributed by atoms with Crippen LogP contribution in [0.4, 0.5) is 0 Å². The van der Waals surface area contributed by atoms with Gasteiger partial charge in [-0.1, -0.05) is 22.0 Å². The molecule has 2 rings (SSSR count). The smallest absolute Gasteiger partial charge is 0.223 e. The van der Waals surface area contributed by atoms with Crippen LogP contribution in [0.15, 0.2) is 24.5 Å². The number of alkyl halides is 1. The second kappa shape index (κ2) is 6.88. The Kier molecular flexibility index (Phi) is 5.17. The summed E-state index contributed by atoms with van der Waals surface area (Å²) in [7, 11) is 0. The van der Waals surface area contributed by atoms with Gasteiger partial charge in [-0.25, -0.2) is 0 Å². The molecule has 1 amide bonds. The number of carbonyl (C=O) groups excluding carboxylic acids is 1.